The summed E-state index contributed by atoms with van der Waals surface area (Å²) in [7, 11) is 1.59. The summed E-state index contributed by atoms with van der Waals surface area (Å²) in [6, 6.07) is 0. The molecular formula is C9H17N3O3. The predicted molar refractivity (Wildman–Crippen MR) is 53.0 cm³/mol. The quantitative estimate of drug-likeness (QED) is 0.719. The molecule has 0 spiro atoms. The van der Waals surface area contributed by atoms with Crippen LogP contribution in [0.5, 0.6) is 0 Å². The van der Waals surface area contributed by atoms with Gasteiger partial charge in [0, 0.05) is 13.7 Å². The van der Waals surface area contributed by atoms with Gasteiger partial charge in [0.1, 0.15) is 12.2 Å². The van der Waals surface area contributed by atoms with E-state index >= 15 is 0 Å². The zero-order valence-corrected chi connectivity index (χ0v) is 9.01. The topological polar surface area (TPSA) is 94.4 Å². The summed E-state index contributed by atoms with van der Waals surface area (Å²) in [6.45, 7) is 2.11. The van der Waals surface area contributed by atoms with E-state index in [1.54, 1.807) is 7.11 Å². The number of methoxy groups -OCH3 is 1. The molecule has 3 N–H and O–H groups in total. The third-order valence-corrected chi connectivity index (χ3v) is 2.09. The highest BCUT2D eigenvalue weighted by Gasteiger charge is 2.20. The normalized spacial score (nSPS) is 15.2. The third kappa shape index (κ3) is 2.98. The van der Waals surface area contributed by atoms with Crippen LogP contribution in [0.25, 0.3) is 0 Å². The number of aromatic nitrogens is 2. The first kappa shape index (κ1) is 12.1. The first-order valence-electron chi connectivity index (χ1n) is 4.97. The second kappa shape index (κ2) is 5.79. The van der Waals surface area contributed by atoms with Crippen molar-refractivity contribution < 1.29 is 14.4 Å². The van der Waals surface area contributed by atoms with Gasteiger partial charge in [0.15, 0.2) is 0 Å². The molecule has 2 atom stereocenters. The van der Waals surface area contributed by atoms with E-state index in [2.05, 4.69) is 10.1 Å². The molecule has 0 aliphatic rings. The van der Waals surface area contributed by atoms with Crippen LogP contribution in [0.4, 0.5) is 0 Å². The Kier molecular flexibility index (Phi) is 4.67. The molecule has 0 amide bonds. The van der Waals surface area contributed by atoms with Crippen LogP contribution in [0.1, 0.15) is 43.7 Å². The van der Waals surface area contributed by atoms with E-state index in [1.165, 1.54) is 0 Å². The van der Waals surface area contributed by atoms with Gasteiger partial charge in [0.25, 0.3) is 5.89 Å². The summed E-state index contributed by atoms with van der Waals surface area (Å²) >= 11 is 0. The third-order valence-electron chi connectivity index (χ3n) is 2.09. The molecule has 0 bridgehead atoms. The molecular weight excluding hydrogens is 198 g/mol. The number of hydrogen-bond donors (Lipinski definition) is 2. The molecule has 0 aliphatic carbocycles. The van der Waals surface area contributed by atoms with E-state index in [4.69, 9.17) is 15.0 Å². The molecule has 86 valence electrons. The maximum absolute atomic E-state index is 9.36. The number of ether oxygens (including phenoxy) is 1. The van der Waals surface area contributed by atoms with Gasteiger partial charge in [-0.15, -0.1) is 0 Å². The number of nitrogens with zero attached hydrogens (tertiary/aromatic N) is 2. The van der Waals surface area contributed by atoms with Crippen molar-refractivity contribution >= 4 is 0 Å². The Morgan fingerprint density at radius 2 is 2.33 bits per heavy atom. The van der Waals surface area contributed by atoms with Gasteiger partial charge >= 0.3 is 0 Å². The van der Waals surface area contributed by atoms with Crippen molar-refractivity contribution in [1.82, 2.24) is 10.1 Å². The summed E-state index contributed by atoms with van der Waals surface area (Å²) in [5.74, 6) is 0.604. The molecule has 1 unspecified atom stereocenters. The lowest BCUT2D eigenvalue weighted by molar-refractivity contribution is 0.0853. The van der Waals surface area contributed by atoms with Crippen LogP contribution in [0, 0.1) is 0 Å². The molecule has 1 rings (SSSR count). The minimum atomic E-state index is -0.898. The van der Waals surface area contributed by atoms with E-state index in [9.17, 15) is 5.11 Å². The van der Waals surface area contributed by atoms with Gasteiger partial charge in [-0.2, -0.15) is 4.98 Å². The summed E-state index contributed by atoms with van der Waals surface area (Å²) in [6.07, 6.45) is 0.693. The molecule has 0 aromatic carbocycles. The Morgan fingerprint density at radius 1 is 1.60 bits per heavy atom. The Balaban J connectivity index is 2.72. The summed E-state index contributed by atoms with van der Waals surface area (Å²) in [4.78, 5) is 4.04. The first-order chi connectivity index (χ1) is 7.22. The number of aliphatic hydroxyl groups is 1. The molecule has 0 saturated carbocycles. The standard InChI is InChI=1S/C9H17N3O3/c1-3-4-7(14-2)8-11-9(15-12-8)6(13)5-10/h6-7,13H,3-5,10H2,1-2H3/t6-,7?/m0/s1. The molecule has 1 aromatic rings. The number of aliphatic hydroxyl groups excluding tert-OH is 1. The zero-order chi connectivity index (χ0) is 11.3. The van der Waals surface area contributed by atoms with E-state index in [0.29, 0.717) is 5.82 Å². The van der Waals surface area contributed by atoms with Crippen LogP contribution >= 0.6 is 0 Å². The van der Waals surface area contributed by atoms with Crippen LogP contribution in [0.15, 0.2) is 4.52 Å². The number of hydrogen-bond acceptors (Lipinski definition) is 6. The van der Waals surface area contributed by atoms with Crippen molar-refractivity contribution in [3.05, 3.63) is 11.7 Å². The SMILES string of the molecule is CCCC(OC)c1noc([C@@H](O)CN)n1. The zero-order valence-electron chi connectivity index (χ0n) is 9.01. The lowest BCUT2D eigenvalue weighted by Crippen LogP contribution is -2.12. The largest absolute Gasteiger partial charge is 0.382 e. The molecule has 0 saturated heterocycles. The minimum absolute atomic E-state index is 0.0626. The lowest BCUT2D eigenvalue weighted by atomic mass is 10.2. The van der Waals surface area contributed by atoms with Gasteiger partial charge in [0.2, 0.25) is 5.82 Å². The fourth-order valence-corrected chi connectivity index (χ4v) is 1.23. The van der Waals surface area contributed by atoms with E-state index in [0.717, 1.165) is 12.8 Å². The maximum Gasteiger partial charge on any atom is 0.256 e. The van der Waals surface area contributed by atoms with Crippen molar-refractivity contribution in [2.75, 3.05) is 13.7 Å². The molecule has 0 aliphatic heterocycles. The summed E-state index contributed by atoms with van der Waals surface area (Å²) < 4.78 is 10.1. The van der Waals surface area contributed by atoms with Crippen molar-refractivity contribution in [2.24, 2.45) is 5.73 Å². The van der Waals surface area contributed by atoms with Crippen LogP contribution in [-0.2, 0) is 4.74 Å². The van der Waals surface area contributed by atoms with E-state index < -0.39 is 6.10 Å². The number of rotatable bonds is 6. The monoisotopic (exact) mass is 215 g/mol. The average molecular weight is 215 g/mol. The number of nitrogens with two attached hydrogens (primary N) is 1. The Bertz CT molecular complexity index is 290. The van der Waals surface area contributed by atoms with Crippen molar-refractivity contribution in [1.29, 1.82) is 0 Å². The Hall–Kier alpha value is -0.980. The van der Waals surface area contributed by atoms with Gasteiger partial charge in [0.05, 0.1) is 0 Å². The Labute approximate surface area is 88.4 Å². The smallest absolute Gasteiger partial charge is 0.256 e. The van der Waals surface area contributed by atoms with Crippen LogP contribution in [0.2, 0.25) is 0 Å². The first-order valence-corrected chi connectivity index (χ1v) is 4.97. The second-order valence-corrected chi connectivity index (χ2v) is 3.26. The van der Waals surface area contributed by atoms with Gasteiger partial charge < -0.3 is 20.1 Å². The molecule has 1 aromatic heterocycles. The van der Waals surface area contributed by atoms with Crippen LogP contribution < -0.4 is 5.73 Å². The maximum atomic E-state index is 9.36. The average Bonchev–Trinajstić information content (AvgIpc) is 2.73. The molecule has 6 heteroatoms. The highest BCUT2D eigenvalue weighted by molar-refractivity contribution is 4.94. The van der Waals surface area contributed by atoms with Crippen molar-refractivity contribution in [3.8, 4) is 0 Å². The fourth-order valence-electron chi connectivity index (χ4n) is 1.23. The van der Waals surface area contributed by atoms with E-state index in [-0.39, 0.29) is 18.5 Å². The van der Waals surface area contributed by atoms with E-state index in [1.807, 2.05) is 6.92 Å². The van der Waals surface area contributed by atoms with Gasteiger partial charge in [-0.05, 0) is 6.42 Å². The second-order valence-electron chi connectivity index (χ2n) is 3.26. The summed E-state index contributed by atoms with van der Waals surface area (Å²) in [5.41, 5.74) is 5.27. The van der Waals surface area contributed by atoms with Gasteiger partial charge in [-0.3, -0.25) is 0 Å². The summed E-state index contributed by atoms with van der Waals surface area (Å²) in [5, 5.41) is 13.1. The molecule has 0 fully saturated rings. The minimum Gasteiger partial charge on any atom is -0.382 e. The van der Waals surface area contributed by atoms with Crippen molar-refractivity contribution in [2.45, 2.75) is 32.0 Å². The fraction of sp³-hybridized carbons (Fsp3) is 0.778. The Morgan fingerprint density at radius 3 is 2.87 bits per heavy atom. The highest BCUT2D eigenvalue weighted by Crippen LogP contribution is 2.20. The van der Waals surface area contributed by atoms with Gasteiger partial charge in [-0.1, -0.05) is 18.5 Å². The van der Waals surface area contributed by atoms with Gasteiger partial charge in [-0.25, -0.2) is 0 Å². The van der Waals surface area contributed by atoms with Crippen LogP contribution in [0.3, 0.4) is 0 Å². The highest BCUT2D eigenvalue weighted by atomic mass is 16.5. The predicted octanol–water partition coefficient (Wildman–Crippen LogP) is 0.549. The molecule has 6 nitrogen and oxygen atoms in total. The van der Waals surface area contributed by atoms with Crippen LogP contribution in [-0.4, -0.2) is 28.9 Å². The van der Waals surface area contributed by atoms with Crippen molar-refractivity contribution in [3.63, 3.8) is 0 Å². The molecule has 15 heavy (non-hydrogen) atoms. The molecule has 1 heterocycles. The molecule has 0 radical (unpaired) electrons. The lowest BCUT2D eigenvalue weighted by Gasteiger charge is -2.08.